The number of benzene rings is 3. The summed E-state index contributed by atoms with van der Waals surface area (Å²) in [5, 5.41) is 11.0. The number of para-hydroxylation sites is 2. The third kappa shape index (κ3) is 2.12. The van der Waals surface area contributed by atoms with Gasteiger partial charge in [0.1, 0.15) is 11.8 Å². The van der Waals surface area contributed by atoms with Gasteiger partial charge in [-0.3, -0.25) is 4.79 Å². The molecule has 0 aliphatic carbocycles. The Balaban J connectivity index is 1.74. The van der Waals surface area contributed by atoms with E-state index < -0.39 is 11.4 Å². The minimum absolute atomic E-state index is 0.000921. The van der Waals surface area contributed by atoms with E-state index in [2.05, 4.69) is 82.1 Å². The van der Waals surface area contributed by atoms with Crippen molar-refractivity contribution in [3.63, 3.8) is 0 Å². The summed E-state index contributed by atoms with van der Waals surface area (Å²) in [6.07, 6.45) is 0.493. The Bertz CT molecular complexity index is 1800. The minimum Gasteiger partial charge on any atom is -0.375 e. The Labute approximate surface area is 207 Å². The highest BCUT2D eigenvalue weighted by Gasteiger charge is 2.57. The van der Waals surface area contributed by atoms with Crippen LogP contribution in [-0.4, -0.2) is 41.3 Å². The van der Waals surface area contributed by atoms with E-state index in [0.717, 1.165) is 61.2 Å². The maximum atomic E-state index is 13.4. The lowest BCUT2D eigenvalue weighted by atomic mass is 9.88. The van der Waals surface area contributed by atoms with Crippen molar-refractivity contribution in [3.8, 4) is 0 Å². The average molecular weight is 481 g/mol. The van der Waals surface area contributed by atoms with Gasteiger partial charge < -0.3 is 29.2 Å². The molecule has 3 aliphatic heterocycles. The summed E-state index contributed by atoms with van der Waals surface area (Å²) in [7, 11) is 3.77. The lowest BCUT2D eigenvalue weighted by Gasteiger charge is -2.52. The molecule has 2 bridgehead atoms. The van der Waals surface area contributed by atoms with Gasteiger partial charge in [0.15, 0.2) is 5.72 Å². The van der Waals surface area contributed by atoms with Crippen molar-refractivity contribution in [2.75, 3.05) is 14.2 Å². The topological polar surface area (TPSA) is 69.5 Å². The van der Waals surface area contributed by atoms with Crippen molar-refractivity contribution in [3.05, 3.63) is 59.7 Å². The van der Waals surface area contributed by atoms with E-state index >= 15 is 0 Å². The van der Waals surface area contributed by atoms with Crippen LogP contribution in [0, 0.1) is 0 Å². The quantitative estimate of drug-likeness (QED) is 0.390. The summed E-state index contributed by atoms with van der Waals surface area (Å²) >= 11 is 0. The summed E-state index contributed by atoms with van der Waals surface area (Å²) in [4.78, 5) is 13.4. The molecule has 5 aromatic rings. The number of amides is 1. The molecule has 0 radical (unpaired) electrons. The first-order valence-corrected chi connectivity index (χ1v) is 12.6. The van der Waals surface area contributed by atoms with E-state index in [4.69, 9.17) is 9.47 Å². The number of hydrogen-bond donors (Lipinski definition) is 2. The van der Waals surface area contributed by atoms with Gasteiger partial charge in [-0.1, -0.05) is 36.4 Å². The van der Waals surface area contributed by atoms with Crippen LogP contribution in [0.3, 0.4) is 0 Å². The van der Waals surface area contributed by atoms with Crippen LogP contribution in [0.4, 0.5) is 0 Å². The van der Waals surface area contributed by atoms with Crippen molar-refractivity contribution in [2.24, 2.45) is 0 Å². The molecule has 2 aromatic heterocycles. The summed E-state index contributed by atoms with van der Waals surface area (Å²) < 4.78 is 18.2. The number of nitrogens with one attached hydrogen (secondary N) is 2. The van der Waals surface area contributed by atoms with Crippen molar-refractivity contribution in [1.29, 1.82) is 0 Å². The zero-order chi connectivity index (χ0) is 24.6. The molecule has 5 heterocycles. The standard InChI is InChI=1S/C29H28N4O3/c1-28-13-18(30-3)26(35-4)29(2,36-28)33-20-12-8-5-9-15(20)21-17-14-31-27(34)23(17)22-16-10-6-7-11-19(16)32(28)25(22)24(21)33/h5-12,18,26,30H,13-14H2,1-4H3,(H,31,34)/t18-,26-,28-,29+/m0/s1. The Morgan fingerprint density at radius 2 is 1.64 bits per heavy atom. The Morgan fingerprint density at radius 1 is 1.00 bits per heavy atom. The number of aromatic nitrogens is 2. The van der Waals surface area contributed by atoms with E-state index in [-0.39, 0.29) is 18.1 Å². The Morgan fingerprint density at radius 3 is 2.33 bits per heavy atom. The number of hydrogen-bond acceptors (Lipinski definition) is 4. The van der Waals surface area contributed by atoms with Gasteiger partial charge in [-0.2, -0.15) is 0 Å². The fraction of sp³-hybridized carbons (Fsp3) is 0.345. The molecule has 3 aromatic carbocycles. The highest BCUT2D eigenvalue weighted by molar-refractivity contribution is 6.31. The summed E-state index contributed by atoms with van der Waals surface area (Å²) in [6, 6.07) is 17.0. The second kappa shape index (κ2) is 6.48. The highest BCUT2D eigenvalue weighted by atomic mass is 16.6. The van der Waals surface area contributed by atoms with E-state index in [1.165, 1.54) is 0 Å². The molecule has 182 valence electrons. The lowest BCUT2D eigenvalue weighted by molar-refractivity contribution is -0.299. The smallest absolute Gasteiger partial charge is 0.252 e. The molecule has 7 nitrogen and oxygen atoms in total. The summed E-state index contributed by atoms with van der Waals surface area (Å²) in [6.45, 7) is 4.86. The molecular formula is C29H28N4O3. The fourth-order valence-electron chi connectivity index (χ4n) is 7.78. The SMILES string of the molecule is CN[C@H]1C[C@]2(C)O[C@](C)([C@H]1OC)n1c3ccccc3c3c4c(c5c6ccccc6n2c5c31)C(=O)NC4. The molecule has 36 heavy (non-hydrogen) atoms. The summed E-state index contributed by atoms with van der Waals surface area (Å²) in [5.74, 6) is -0.000921. The van der Waals surface area contributed by atoms with Crippen molar-refractivity contribution >= 4 is 49.5 Å². The largest absolute Gasteiger partial charge is 0.375 e. The lowest BCUT2D eigenvalue weighted by Crippen LogP contribution is -2.64. The maximum absolute atomic E-state index is 13.4. The second-order valence-electron chi connectivity index (χ2n) is 10.8. The Hall–Kier alpha value is -3.39. The number of ether oxygens (including phenoxy) is 2. The fourth-order valence-corrected chi connectivity index (χ4v) is 7.78. The molecule has 2 N–H and O–H groups in total. The number of methoxy groups -OCH3 is 1. The number of fused-ring (bicyclic) bond motifs is 13. The van der Waals surface area contributed by atoms with Gasteiger partial charge in [0.2, 0.25) is 0 Å². The van der Waals surface area contributed by atoms with Crippen LogP contribution in [0.1, 0.15) is 36.2 Å². The number of likely N-dealkylation sites (N-methyl/N-ethyl adjacent to an activating group) is 1. The number of rotatable bonds is 2. The van der Waals surface area contributed by atoms with Crippen LogP contribution >= 0.6 is 0 Å². The maximum Gasteiger partial charge on any atom is 0.252 e. The molecular weight excluding hydrogens is 452 g/mol. The van der Waals surface area contributed by atoms with Gasteiger partial charge in [-0.05, 0) is 38.6 Å². The van der Waals surface area contributed by atoms with Crippen LogP contribution in [0.2, 0.25) is 0 Å². The van der Waals surface area contributed by atoms with E-state index in [9.17, 15) is 4.79 Å². The molecule has 1 saturated heterocycles. The molecule has 3 aliphatic rings. The molecule has 0 unspecified atom stereocenters. The van der Waals surface area contributed by atoms with Crippen LogP contribution in [0.25, 0.3) is 43.6 Å². The first kappa shape index (κ1) is 20.8. The number of carbonyl (C=O) groups is 1. The van der Waals surface area contributed by atoms with Crippen LogP contribution in [0.15, 0.2) is 48.5 Å². The van der Waals surface area contributed by atoms with E-state index in [1.54, 1.807) is 7.11 Å². The minimum atomic E-state index is -0.798. The number of carbonyl (C=O) groups excluding carboxylic acids is 1. The number of nitrogens with zero attached hydrogens (tertiary/aromatic N) is 2. The predicted octanol–water partition coefficient (Wildman–Crippen LogP) is 4.53. The normalized spacial score (nSPS) is 28.9. The van der Waals surface area contributed by atoms with Gasteiger partial charge in [0.05, 0.1) is 27.6 Å². The third-order valence-electron chi connectivity index (χ3n) is 8.94. The average Bonchev–Trinajstić information content (AvgIpc) is 3.51. The van der Waals surface area contributed by atoms with Crippen molar-refractivity contribution in [1.82, 2.24) is 19.8 Å². The second-order valence-corrected chi connectivity index (χ2v) is 10.8. The molecule has 4 atom stereocenters. The summed E-state index contributed by atoms with van der Waals surface area (Å²) in [5.41, 5.74) is 4.75. The Kier molecular flexibility index (Phi) is 3.74. The van der Waals surface area contributed by atoms with E-state index in [1.807, 2.05) is 7.05 Å². The van der Waals surface area contributed by atoms with Crippen molar-refractivity contribution in [2.45, 2.75) is 50.4 Å². The third-order valence-corrected chi connectivity index (χ3v) is 8.94. The first-order chi connectivity index (χ1) is 17.4. The van der Waals surface area contributed by atoms with Crippen LogP contribution in [-0.2, 0) is 27.5 Å². The monoisotopic (exact) mass is 480 g/mol. The molecule has 1 amide bonds. The zero-order valence-corrected chi connectivity index (χ0v) is 20.8. The predicted molar refractivity (Wildman–Crippen MR) is 140 cm³/mol. The van der Waals surface area contributed by atoms with Gasteiger partial charge in [0, 0.05) is 47.7 Å². The highest BCUT2D eigenvalue weighted by Crippen LogP contribution is 2.55. The van der Waals surface area contributed by atoms with Crippen molar-refractivity contribution < 1.29 is 14.3 Å². The molecule has 0 spiro atoms. The van der Waals surface area contributed by atoms with Crippen LogP contribution < -0.4 is 10.6 Å². The molecule has 8 rings (SSSR count). The molecule has 1 fully saturated rings. The van der Waals surface area contributed by atoms with E-state index in [0.29, 0.717) is 6.54 Å². The molecule has 7 heteroatoms. The van der Waals surface area contributed by atoms with Gasteiger partial charge >= 0.3 is 0 Å². The zero-order valence-electron chi connectivity index (χ0n) is 20.8. The van der Waals surface area contributed by atoms with Crippen LogP contribution in [0.5, 0.6) is 0 Å². The van der Waals surface area contributed by atoms with Gasteiger partial charge in [-0.15, -0.1) is 0 Å². The van der Waals surface area contributed by atoms with Gasteiger partial charge in [-0.25, -0.2) is 0 Å². The molecule has 0 saturated carbocycles. The first-order valence-electron chi connectivity index (χ1n) is 12.6. The van der Waals surface area contributed by atoms with Gasteiger partial charge in [0.25, 0.3) is 5.91 Å².